The topological polar surface area (TPSA) is 60.2 Å². The highest BCUT2D eigenvalue weighted by Crippen LogP contribution is 2.46. The molecule has 1 aliphatic carbocycles. The van der Waals surface area contributed by atoms with Crippen LogP contribution in [0.4, 0.5) is 0 Å². The van der Waals surface area contributed by atoms with Crippen molar-refractivity contribution < 1.29 is 8.42 Å². The lowest BCUT2D eigenvalue weighted by Gasteiger charge is -2.16. The van der Waals surface area contributed by atoms with E-state index >= 15 is 0 Å². The third-order valence-electron chi connectivity index (χ3n) is 5.16. The van der Waals surface area contributed by atoms with E-state index in [9.17, 15) is 8.42 Å². The largest absolute Gasteiger partial charge is 0.238 e. The Morgan fingerprint density at radius 3 is 2.27 bits per heavy atom. The zero-order valence-corrected chi connectivity index (χ0v) is 15.7. The van der Waals surface area contributed by atoms with Crippen molar-refractivity contribution in [1.29, 1.82) is 0 Å². The molecule has 0 amide bonds. The molecule has 0 saturated heterocycles. The van der Waals surface area contributed by atoms with Crippen LogP contribution in [0, 0.1) is 13.8 Å². The molecule has 26 heavy (non-hydrogen) atoms. The van der Waals surface area contributed by atoms with Crippen molar-refractivity contribution in [3.8, 4) is 11.1 Å². The maximum Gasteiger partial charge on any atom is 0.238 e. The van der Waals surface area contributed by atoms with Crippen LogP contribution in [0.3, 0.4) is 0 Å². The second-order valence-electron chi connectivity index (χ2n) is 7.09. The minimum absolute atomic E-state index is 0.129. The van der Waals surface area contributed by atoms with Crippen LogP contribution < -0.4 is 5.14 Å². The molecule has 0 radical (unpaired) electrons. The first kappa shape index (κ1) is 17.0. The van der Waals surface area contributed by atoms with Gasteiger partial charge in [0.05, 0.1) is 4.90 Å². The molecule has 4 heteroatoms. The van der Waals surface area contributed by atoms with Crippen LogP contribution in [0.5, 0.6) is 0 Å². The Kier molecular flexibility index (Phi) is 3.98. The first-order valence-electron chi connectivity index (χ1n) is 8.67. The molecule has 1 atom stereocenters. The summed E-state index contributed by atoms with van der Waals surface area (Å²) >= 11 is 0. The van der Waals surface area contributed by atoms with Crippen molar-refractivity contribution in [1.82, 2.24) is 0 Å². The van der Waals surface area contributed by atoms with E-state index in [-0.39, 0.29) is 10.8 Å². The van der Waals surface area contributed by atoms with Gasteiger partial charge in [-0.3, -0.25) is 0 Å². The van der Waals surface area contributed by atoms with E-state index in [1.165, 1.54) is 27.8 Å². The number of benzene rings is 3. The summed E-state index contributed by atoms with van der Waals surface area (Å²) < 4.78 is 24.1. The summed E-state index contributed by atoms with van der Waals surface area (Å²) in [4.78, 5) is 0.223. The van der Waals surface area contributed by atoms with Gasteiger partial charge in [0, 0.05) is 5.92 Å². The van der Waals surface area contributed by atoms with Gasteiger partial charge < -0.3 is 0 Å². The molecule has 0 aromatic heterocycles. The molecular weight excluding hydrogens is 342 g/mol. The molecule has 0 bridgehead atoms. The lowest BCUT2D eigenvalue weighted by Crippen LogP contribution is -2.16. The van der Waals surface area contributed by atoms with Crippen LogP contribution in [-0.2, 0) is 16.4 Å². The number of nitrogens with two attached hydrogens (primary N) is 1. The third kappa shape index (κ3) is 2.85. The molecule has 3 aromatic carbocycles. The Hall–Kier alpha value is -2.43. The fourth-order valence-electron chi connectivity index (χ4n) is 4.01. The highest BCUT2D eigenvalue weighted by Gasteiger charge is 2.29. The summed E-state index contributed by atoms with van der Waals surface area (Å²) in [5.41, 5.74) is 8.01. The number of hydrogen-bond acceptors (Lipinski definition) is 2. The van der Waals surface area contributed by atoms with Crippen molar-refractivity contribution in [2.45, 2.75) is 31.1 Å². The van der Waals surface area contributed by atoms with Crippen molar-refractivity contribution in [3.63, 3.8) is 0 Å². The normalized spacial score (nSPS) is 15.6. The van der Waals surface area contributed by atoms with E-state index in [1.807, 2.05) is 19.1 Å². The van der Waals surface area contributed by atoms with E-state index < -0.39 is 10.0 Å². The fraction of sp³-hybridized carbons (Fsp3) is 0.182. The molecule has 0 fully saturated rings. The maximum absolute atomic E-state index is 12.1. The number of primary sulfonamides is 1. The van der Waals surface area contributed by atoms with E-state index in [0.717, 1.165) is 11.1 Å². The first-order valence-corrected chi connectivity index (χ1v) is 10.2. The van der Waals surface area contributed by atoms with Gasteiger partial charge in [-0.05, 0) is 54.2 Å². The van der Waals surface area contributed by atoms with Crippen LogP contribution in [0.25, 0.3) is 11.1 Å². The van der Waals surface area contributed by atoms with Crippen molar-refractivity contribution in [3.05, 3.63) is 88.5 Å². The Bertz CT molecular complexity index is 1120. The molecule has 2 N–H and O–H groups in total. The third-order valence-corrected chi connectivity index (χ3v) is 6.17. The van der Waals surface area contributed by atoms with Gasteiger partial charge in [0.2, 0.25) is 10.0 Å². The quantitative estimate of drug-likeness (QED) is 0.754. The average molecular weight is 363 g/mol. The number of fused-ring (bicyclic) bond motifs is 3. The smallest absolute Gasteiger partial charge is 0.225 e. The van der Waals surface area contributed by atoms with Crippen molar-refractivity contribution in [2.75, 3.05) is 0 Å². The van der Waals surface area contributed by atoms with Gasteiger partial charge in [0.25, 0.3) is 0 Å². The zero-order valence-electron chi connectivity index (χ0n) is 14.9. The molecule has 0 spiro atoms. The maximum atomic E-state index is 12.1. The molecule has 0 aliphatic heterocycles. The SMILES string of the molecule is Cc1ccc(S(N)(=O)=O)c(CC2c3ccccc3-c3cc(C)ccc32)c1. The molecule has 4 rings (SSSR count). The summed E-state index contributed by atoms with van der Waals surface area (Å²) in [6.07, 6.45) is 0.612. The van der Waals surface area contributed by atoms with Crippen LogP contribution in [0.1, 0.15) is 33.7 Å². The second kappa shape index (κ2) is 6.08. The number of aryl methyl sites for hydroxylation is 2. The standard InChI is InChI=1S/C22H21NO2S/c1-14-8-10-22(26(23,24)25)16(11-14)13-21-18-6-4-3-5-17(18)20-12-15(2)7-9-19(20)21/h3-12,21H,13H2,1-2H3,(H2,23,24,25). The number of sulfonamides is 1. The highest BCUT2D eigenvalue weighted by atomic mass is 32.2. The lowest BCUT2D eigenvalue weighted by atomic mass is 9.89. The minimum Gasteiger partial charge on any atom is -0.225 e. The van der Waals surface area contributed by atoms with Gasteiger partial charge in [-0.1, -0.05) is 65.7 Å². The number of hydrogen-bond donors (Lipinski definition) is 1. The average Bonchev–Trinajstić information content (AvgIpc) is 2.88. The van der Waals surface area contributed by atoms with E-state index in [2.05, 4.69) is 43.3 Å². The van der Waals surface area contributed by atoms with Gasteiger partial charge >= 0.3 is 0 Å². The molecule has 3 nitrogen and oxygen atoms in total. The Morgan fingerprint density at radius 1 is 0.846 bits per heavy atom. The van der Waals surface area contributed by atoms with Crippen LogP contribution in [0.2, 0.25) is 0 Å². The molecular formula is C22H21NO2S. The van der Waals surface area contributed by atoms with Crippen LogP contribution >= 0.6 is 0 Å². The van der Waals surface area contributed by atoms with Gasteiger partial charge in [-0.25, -0.2) is 13.6 Å². The van der Waals surface area contributed by atoms with Gasteiger partial charge in [0.15, 0.2) is 0 Å². The Balaban J connectivity index is 1.87. The summed E-state index contributed by atoms with van der Waals surface area (Å²) in [6.45, 7) is 4.06. The number of rotatable bonds is 3. The Labute approximate surface area is 154 Å². The summed E-state index contributed by atoms with van der Waals surface area (Å²) in [7, 11) is -3.75. The molecule has 0 saturated carbocycles. The lowest BCUT2D eigenvalue weighted by molar-refractivity contribution is 0.596. The second-order valence-corrected chi connectivity index (χ2v) is 8.62. The molecule has 132 valence electrons. The van der Waals surface area contributed by atoms with E-state index in [0.29, 0.717) is 6.42 Å². The monoisotopic (exact) mass is 363 g/mol. The highest BCUT2D eigenvalue weighted by molar-refractivity contribution is 7.89. The summed E-state index contributed by atoms with van der Waals surface area (Å²) in [5.74, 6) is 0.129. The Morgan fingerprint density at radius 2 is 1.50 bits per heavy atom. The predicted molar refractivity (Wildman–Crippen MR) is 105 cm³/mol. The van der Waals surface area contributed by atoms with Crippen LogP contribution in [0.15, 0.2) is 65.6 Å². The van der Waals surface area contributed by atoms with E-state index in [1.54, 1.807) is 12.1 Å². The van der Waals surface area contributed by atoms with Gasteiger partial charge in [-0.15, -0.1) is 0 Å². The van der Waals surface area contributed by atoms with Crippen molar-refractivity contribution >= 4 is 10.0 Å². The van der Waals surface area contributed by atoms with Crippen LogP contribution in [-0.4, -0.2) is 8.42 Å². The molecule has 3 aromatic rings. The molecule has 0 heterocycles. The minimum atomic E-state index is -3.75. The predicted octanol–water partition coefficient (Wildman–Crippen LogP) is 4.31. The molecule has 1 unspecified atom stereocenters. The fourth-order valence-corrected chi connectivity index (χ4v) is 4.77. The molecule has 1 aliphatic rings. The zero-order chi connectivity index (χ0) is 18.5. The summed E-state index contributed by atoms with van der Waals surface area (Å²) in [5, 5.41) is 5.46. The first-order chi connectivity index (χ1) is 12.3. The van der Waals surface area contributed by atoms with Crippen molar-refractivity contribution in [2.24, 2.45) is 5.14 Å². The van der Waals surface area contributed by atoms with Gasteiger partial charge in [0.1, 0.15) is 0 Å². The van der Waals surface area contributed by atoms with E-state index in [4.69, 9.17) is 5.14 Å². The summed E-state index contributed by atoms with van der Waals surface area (Å²) in [6, 6.07) is 20.2. The van der Waals surface area contributed by atoms with Gasteiger partial charge in [-0.2, -0.15) is 0 Å².